The standard InChI is InChI=1S/C14H20N2O2S2/c1-10-5-7-16(8-6-10)20(17,18)13-4-3-12(14(15)19)9-11(13)2/h3-4,9-10H,5-8H2,1-2H3,(H2,15,19). The van der Waals surface area contributed by atoms with Crippen LogP contribution in [0.1, 0.15) is 30.9 Å². The van der Waals surface area contributed by atoms with Gasteiger partial charge >= 0.3 is 0 Å². The Morgan fingerprint density at radius 2 is 1.95 bits per heavy atom. The SMILES string of the molecule is Cc1cc(C(N)=S)ccc1S(=O)(=O)N1CCC(C)CC1. The molecule has 1 aromatic rings. The number of hydrogen-bond acceptors (Lipinski definition) is 3. The van der Waals surface area contributed by atoms with E-state index in [4.69, 9.17) is 18.0 Å². The molecule has 2 N–H and O–H groups in total. The summed E-state index contributed by atoms with van der Waals surface area (Å²) < 4.78 is 26.9. The van der Waals surface area contributed by atoms with E-state index in [-0.39, 0.29) is 4.99 Å². The third kappa shape index (κ3) is 3.02. The molecular formula is C14H20N2O2S2. The molecule has 1 heterocycles. The molecule has 0 radical (unpaired) electrons. The minimum absolute atomic E-state index is 0.281. The van der Waals surface area contributed by atoms with Gasteiger partial charge in [0.05, 0.1) is 4.90 Å². The molecule has 0 aromatic heterocycles. The number of nitrogens with zero attached hydrogens (tertiary/aromatic N) is 1. The molecule has 1 saturated heterocycles. The van der Waals surface area contributed by atoms with E-state index in [1.54, 1.807) is 29.4 Å². The van der Waals surface area contributed by atoms with Crippen LogP contribution in [-0.4, -0.2) is 30.8 Å². The minimum Gasteiger partial charge on any atom is -0.389 e. The zero-order chi connectivity index (χ0) is 14.9. The average Bonchev–Trinajstić information content (AvgIpc) is 2.38. The van der Waals surface area contributed by atoms with Crippen molar-refractivity contribution < 1.29 is 8.42 Å². The summed E-state index contributed by atoms with van der Waals surface area (Å²) in [5.74, 6) is 0.597. The van der Waals surface area contributed by atoms with Crippen LogP contribution in [0.25, 0.3) is 0 Å². The molecule has 0 aliphatic carbocycles. The summed E-state index contributed by atoms with van der Waals surface area (Å²) >= 11 is 4.91. The molecule has 1 fully saturated rings. The van der Waals surface area contributed by atoms with Crippen molar-refractivity contribution in [3.05, 3.63) is 29.3 Å². The maximum Gasteiger partial charge on any atom is 0.243 e. The predicted molar refractivity (Wildman–Crippen MR) is 84.2 cm³/mol. The first-order valence-corrected chi connectivity index (χ1v) is 8.58. The van der Waals surface area contributed by atoms with Gasteiger partial charge in [-0.3, -0.25) is 0 Å². The number of benzene rings is 1. The molecule has 20 heavy (non-hydrogen) atoms. The number of hydrogen-bond donors (Lipinski definition) is 1. The highest BCUT2D eigenvalue weighted by Gasteiger charge is 2.29. The summed E-state index contributed by atoms with van der Waals surface area (Å²) in [4.78, 5) is 0.635. The van der Waals surface area contributed by atoms with Crippen LogP contribution >= 0.6 is 12.2 Å². The Bertz CT molecular complexity index is 618. The van der Waals surface area contributed by atoms with Crippen LogP contribution in [0.4, 0.5) is 0 Å². The highest BCUT2D eigenvalue weighted by atomic mass is 32.2. The van der Waals surface area contributed by atoms with Crippen molar-refractivity contribution in [1.82, 2.24) is 4.31 Å². The Kier molecular flexibility index (Phi) is 4.46. The molecule has 1 aromatic carbocycles. The van der Waals surface area contributed by atoms with E-state index in [0.717, 1.165) is 12.8 Å². The van der Waals surface area contributed by atoms with Crippen LogP contribution in [0.3, 0.4) is 0 Å². The fraction of sp³-hybridized carbons (Fsp3) is 0.500. The second kappa shape index (κ2) is 5.79. The quantitative estimate of drug-likeness (QED) is 0.868. The van der Waals surface area contributed by atoms with Gasteiger partial charge < -0.3 is 5.73 Å². The van der Waals surface area contributed by atoms with Crippen LogP contribution in [0.2, 0.25) is 0 Å². The molecule has 6 heteroatoms. The second-order valence-corrected chi connectivity index (χ2v) is 7.78. The van der Waals surface area contributed by atoms with E-state index >= 15 is 0 Å². The van der Waals surface area contributed by atoms with Crippen molar-refractivity contribution in [1.29, 1.82) is 0 Å². The molecule has 4 nitrogen and oxygen atoms in total. The molecule has 0 amide bonds. The van der Waals surface area contributed by atoms with Gasteiger partial charge in [-0.1, -0.05) is 25.2 Å². The second-order valence-electron chi connectivity index (χ2n) is 5.43. The van der Waals surface area contributed by atoms with Gasteiger partial charge in [-0.25, -0.2) is 8.42 Å². The summed E-state index contributed by atoms with van der Waals surface area (Å²) in [6.07, 6.45) is 1.84. The van der Waals surface area contributed by atoms with E-state index in [2.05, 4.69) is 6.92 Å². The van der Waals surface area contributed by atoms with Crippen molar-refractivity contribution in [3.63, 3.8) is 0 Å². The maximum atomic E-state index is 12.7. The van der Waals surface area contributed by atoms with Crippen molar-refractivity contribution in [2.45, 2.75) is 31.6 Å². The van der Waals surface area contributed by atoms with E-state index in [1.165, 1.54) is 0 Å². The van der Waals surface area contributed by atoms with Gasteiger partial charge in [-0.15, -0.1) is 0 Å². The average molecular weight is 312 g/mol. The highest BCUT2D eigenvalue weighted by molar-refractivity contribution is 7.89. The van der Waals surface area contributed by atoms with Crippen molar-refractivity contribution in [2.24, 2.45) is 11.7 Å². The largest absolute Gasteiger partial charge is 0.389 e. The van der Waals surface area contributed by atoms with E-state index in [1.807, 2.05) is 0 Å². The lowest BCUT2D eigenvalue weighted by molar-refractivity contribution is 0.288. The lowest BCUT2D eigenvalue weighted by Gasteiger charge is -2.29. The topological polar surface area (TPSA) is 63.4 Å². The first-order chi connectivity index (χ1) is 9.32. The number of nitrogens with two attached hydrogens (primary N) is 1. The predicted octanol–water partition coefficient (Wildman–Crippen LogP) is 2.05. The number of aryl methyl sites for hydroxylation is 1. The number of thiocarbonyl (C=S) groups is 1. The van der Waals surface area contributed by atoms with Gasteiger partial charge in [0.25, 0.3) is 0 Å². The molecular weight excluding hydrogens is 292 g/mol. The highest BCUT2D eigenvalue weighted by Crippen LogP contribution is 2.25. The zero-order valence-electron chi connectivity index (χ0n) is 11.8. The summed E-state index contributed by atoms with van der Waals surface area (Å²) in [7, 11) is -3.41. The molecule has 0 unspecified atom stereocenters. The lowest BCUT2D eigenvalue weighted by Crippen LogP contribution is -2.38. The lowest BCUT2D eigenvalue weighted by atomic mass is 10.0. The summed E-state index contributed by atoms with van der Waals surface area (Å²) in [5, 5.41) is 0. The molecule has 0 spiro atoms. The number of piperidine rings is 1. The van der Waals surface area contributed by atoms with E-state index in [0.29, 0.717) is 35.0 Å². The van der Waals surface area contributed by atoms with Crippen LogP contribution in [-0.2, 0) is 10.0 Å². The van der Waals surface area contributed by atoms with Crippen LogP contribution in [0.15, 0.2) is 23.1 Å². The van der Waals surface area contributed by atoms with Gasteiger partial charge in [0.1, 0.15) is 4.99 Å². The van der Waals surface area contributed by atoms with Gasteiger partial charge in [0, 0.05) is 18.7 Å². The Morgan fingerprint density at radius 3 is 2.45 bits per heavy atom. The number of rotatable bonds is 3. The van der Waals surface area contributed by atoms with Crippen LogP contribution in [0.5, 0.6) is 0 Å². The fourth-order valence-corrected chi connectivity index (χ4v) is 4.26. The smallest absolute Gasteiger partial charge is 0.243 e. The summed E-state index contributed by atoms with van der Waals surface area (Å²) in [6, 6.07) is 5.02. The van der Waals surface area contributed by atoms with Gasteiger partial charge in [0.2, 0.25) is 10.0 Å². The normalized spacial score (nSPS) is 18.1. The van der Waals surface area contributed by atoms with Crippen LogP contribution in [0, 0.1) is 12.8 Å². The monoisotopic (exact) mass is 312 g/mol. The van der Waals surface area contributed by atoms with Gasteiger partial charge in [0.15, 0.2) is 0 Å². The Balaban J connectivity index is 2.32. The molecule has 0 bridgehead atoms. The molecule has 1 aliphatic heterocycles. The fourth-order valence-electron chi connectivity index (χ4n) is 2.46. The maximum absolute atomic E-state index is 12.7. The first kappa shape index (κ1) is 15.4. The van der Waals surface area contributed by atoms with Crippen molar-refractivity contribution >= 4 is 27.2 Å². The Hall–Kier alpha value is -0.980. The third-order valence-corrected chi connectivity index (χ3v) is 6.11. The van der Waals surface area contributed by atoms with E-state index in [9.17, 15) is 8.42 Å². The Labute approximate surface area is 126 Å². The number of sulfonamides is 1. The molecule has 0 saturated carbocycles. The molecule has 0 atom stereocenters. The molecule has 1 aliphatic rings. The summed E-state index contributed by atoms with van der Waals surface area (Å²) in [6.45, 7) is 5.13. The third-order valence-electron chi connectivity index (χ3n) is 3.82. The molecule has 110 valence electrons. The van der Waals surface area contributed by atoms with Gasteiger partial charge in [-0.2, -0.15) is 4.31 Å². The van der Waals surface area contributed by atoms with Crippen molar-refractivity contribution in [3.8, 4) is 0 Å². The molecule has 2 rings (SSSR count). The summed E-state index contributed by atoms with van der Waals surface area (Å²) in [5.41, 5.74) is 6.96. The first-order valence-electron chi connectivity index (χ1n) is 6.73. The minimum atomic E-state index is -3.41. The Morgan fingerprint density at radius 1 is 1.35 bits per heavy atom. The zero-order valence-corrected chi connectivity index (χ0v) is 13.4. The van der Waals surface area contributed by atoms with Crippen LogP contribution < -0.4 is 5.73 Å². The van der Waals surface area contributed by atoms with Gasteiger partial charge in [-0.05, 0) is 43.4 Å². The van der Waals surface area contributed by atoms with Crippen molar-refractivity contribution in [2.75, 3.05) is 13.1 Å². The van der Waals surface area contributed by atoms with E-state index < -0.39 is 10.0 Å².